The summed E-state index contributed by atoms with van der Waals surface area (Å²) in [7, 11) is 0. The van der Waals surface area contributed by atoms with Gasteiger partial charge in [0.05, 0.1) is 13.2 Å². The summed E-state index contributed by atoms with van der Waals surface area (Å²) in [6.07, 6.45) is 7.67. The summed E-state index contributed by atoms with van der Waals surface area (Å²) in [4.78, 5) is 10.0. The number of hydrogen-bond acceptors (Lipinski definition) is 3. The van der Waals surface area contributed by atoms with E-state index in [0.29, 0.717) is 19.6 Å². The maximum absolute atomic E-state index is 10.0. The Morgan fingerprint density at radius 2 is 2.00 bits per heavy atom. The molecule has 0 spiro atoms. The van der Waals surface area contributed by atoms with Crippen molar-refractivity contribution in [3.05, 3.63) is 35.9 Å². The van der Waals surface area contributed by atoms with Crippen molar-refractivity contribution in [3.8, 4) is 11.5 Å². The summed E-state index contributed by atoms with van der Waals surface area (Å²) < 4.78 is 11.2. The van der Waals surface area contributed by atoms with Gasteiger partial charge in [-0.05, 0) is 24.1 Å². The molecule has 1 aromatic carbocycles. The molecular formula is C14H15O3. The van der Waals surface area contributed by atoms with E-state index in [1.165, 1.54) is 0 Å². The van der Waals surface area contributed by atoms with Crippen LogP contribution < -0.4 is 9.47 Å². The van der Waals surface area contributed by atoms with Gasteiger partial charge in [0.1, 0.15) is 0 Å². The smallest absolute Gasteiger partial charge is 0.202 e. The molecule has 3 heteroatoms. The van der Waals surface area contributed by atoms with Crippen LogP contribution in [0.2, 0.25) is 0 Å². The molecule has 0 unspecified atom stereocenters. The predicted molar refractivity (Wildman–Crippen MR) is 65.2 cm³/mol. The van der Waals surface area contributed by atoms with Crippen molar-refractivity contribution in [2.24, 2.45) is 0 Å². The lowest BCUT2D eigenvalue weighted by atomic mass is 10.1. The molecule has 89 valence electrons. The van der Waals surface area contributed by atoms with Gasteiger partial charge in [0.25, 0.3) is 0 Å². The maximum Gasteiger partial charge on any atom is 0.202 e. The Hall–Kier alpha value is -1.77. The maximum atomic E-state index is 10.0. The van der Waals surface area contributed by atoms with Crippen LogP contribution >= 0.6 is 0 Å². The van der Waals surface area contributed by atoms with Gasteiger partial charge in [0, 0.05) is 12.8 Å². The molecular weight excluding hydrogens is 216 g/mol. The second-order valence-electron chi connectivity index (χ2n) is 3.86. The van der Waals surface area contributed by atoms with Crippen LogP contribution in [0, 0.1) is 0 Å². The molecule has 1 radical (unpaired) electrons. The first-order chi connectivity index (χ1) is 8.40. The van der Waals surface area contributed by atoms with Gasteiger partial charge in [-0.1, -0.05) is 18.2 Å². The first-order valence-electron chi connectivity index (χ1n) is 5.78. The number of fused-ring (bicyclic) bond motifs is 1. The Kier molecular flexibility index (Phi) is 4.19. The summed E-state index contributed by atoms with van der Waals surface area (Å²) in [6, 6.07) is 5.95. The molecule has 0 aromatic heterocycles. The van der Waals surface area contributed by atoms with Crippen LogP contribution in [-0.4, -0.2) is 19.5 Å². The number of hydrogen-bond donors (Lipinski definition) is 0. The van der Waals surface area contributed by atoms with E-state index >= 15 is 0 Å². The summed E-state index contributed by atoms with van der Waals surface area (Å²) in [5, 5.41) is 0. The molecule has 0 atom stereocenters. The zero-order valence-corrected chi connectivity index (χ0v) is 9.65. The van der Waals surface area contributed by atoms with Gasteiger partial charge in [-0.2, -0.15) is 0 Å². The number of benzene rings is 1. The van der Waals surface area contributed by atoms with Crippen LogP contribution in [0.4, 0.5) is 0 Å². The van der Waals surface area contributed by atoms with Crippen molar-refractivity contribution in [1.82, 2.24) is 0 Å². The second-order valence-corrected chi connectivity index (χ2v) is 3.86. The van der Waals surface area contributed by atoms with Crippen molar-refractivity contribution >= 4 is 6.29 Å². The fraction of sp³-hybridized carbons (Fsp3) is 0.357. The third-order valence-corrected chi connectivity index (χ3v) is 2.53. The van der Waals surface area contributed by atoms with Crippen molar-refractivity contribution in [1.29, 1.82) is 0 Å². The van der Waals surface area contributed by atoms with Crippen molar-refractivity contribution < 1.29 is 14.3 Å². The lowest BCUT2D eigenvalue weighted by Crippen LogP contribution is -1.97. The molecule has 0 saturated carbocycles. The van der Waals surface area contributed by atoms with Gasteiger partial charge < -0.3 is 9.47 Å². The fourth-order valence-corrected chi connectivity index (χ4v) is 1.69. The second kappa shape index (κ2) is 6.09. The molecule has 0 saturated heterocycles. The molecule has 0 aliphatic carbocycles. The summed E-state index contributed by atoms with van der Waals surface area (Å²) in [5.74, 6) is 1.63. The van der Waals surface area contributed by atoms with E-state index in [0.717, 1.165) is 29.9 Å². The number of ether oxygens (including phenoxy) is 2. The van der Waals surface area contributed by atoms with Crippen LogP contribution in [0.15, 0.2) is 30.4 Å². The fourth-order valence-electron chi connectivity index (χ4n) is 1.69. The lowest BCUT2D eigenvalue weighted by molar-refractivity contribution is 0.297. The molecule has 1 aliphatic rings. The quantitative estimate of drug-likeness (QED) is 0.747. The zero-order chi connectivity index (χ0) is 11.9. The van der Waals surface area contributed by atoms with E-state index < -0.39 is 0 Å². The number of carbonyl (C=O) groups excluding carboxylic acids is 1. The molecule has 1 aromatic rings. The van der Waals surface area contributed by atoms with E-state index in [4.69, 9.17) is 9.47 Å². The molecule has 1 aliphatic heterocycles. The molecule has 1 heterocycles. The standard InChI is InChI=1S/C14H15O3/c15-8-3-1-2-5-12-6-7-13-14(11-12)17-10-4-9-16-13/h1-2,6-7,11H,3-5,9-10H2. The third-order valence-electron chi connectivity index (χ3n) is 2.53. The van der Waals surface area contributed by atoms with E-state index in [-0.39, 0.29) is 0 Å². The van der Waals surface area contributed by atoms with Gasteiger partial charge in [-0.15, -0.1) is 0 Å². The number of allylic oxidation sites excluding steroid dienone is 2. The van der Waals surface area contributed by atoms with Crippen LogP contribution in [0.1, 0.15) is 18.4 Å². The average molecular weight is 231 g/mol. The number of rotatable bonds is 4. The van der Waals surface area contributed by atoms with Crippen LogP contribution in [-0.2, 0) is 11.2 Å². The first-order valence-corrected chi connectivity index (χ1v) is 5.78. The molecule has 2 rings (SSSR count). The van der Waals surface area contributed by atoms with Gasteiger partial charge in [-0.25, -0.2) is 0 Å². The third kappa shape index (κ3) is 3.34. The highest BCUT2D eigenvalue weighted by atomic mass is 16.5. The van der Waals surface area contributed by atoms with Crippen molar-refractivity contribution in [2.75, 3.05) is 13.2 Å². The van der Waals surface area contributed by atoms with Gasteiger partial charge in [0.2, 0.25) is 6.29 Å². The van der Waals surface area contributed by atoms with Crippen molar-refractivity contribution in [3.63, 3.8) is 0 Å². The summed E-state index contributed by atoms with van der Waals surface area (Å²) in [5.41, 5.74) is 1.15. The molecule has 17 heavy (non-hydrogen) atoms. The predicted octanol–water partition coefficient (Wildman–Crippen LogP) is 2.45. The SMILES string of the molecule is O=[C]CC=CCc1ccc2c(c1)OCCCO2. The van der Waals surface area contributed by atoms with E-state index in [1.807, 2.05) is 36.6 Å². The van der Waals surface area contributed by atoms with E-state index in [1.54, 1.807) is 0 Å². The Labute approximate surface area is 101 Å². The normalized spacial score (nSPS) is 14.6. The Morgan fingerprint density at radius 3 is 2.82 bits per heavy atom. The minimum atomic E-state index is 0.352. The van der Waals surface area contributed by atoms with E-state index in [9.17, 15) is 4.79 Å². The minimum Gasteiger partial charge on any atom is -0.490 e. The molecule has 0 bridgehead atoms. The topological polar surface area (TPSA) is 35.5 Å². The molecule has 3 nitrogen and oxygen atoms in total. The largest absolute Gasteiger partial charge is 0.490 e. The van der Waals surface area contributed by atoms with Gasteiger partial charge in [0.15, 0.2) is 11.5 Å². The van der Waals surface area contributed by atoms with Crippen LogP contribution in [0.25, 0.3) is 0 Å². The summed E-state index contributed by atoms with van der Waals surface area (Å²) >= 11 is 0. The molecule has 0 fully saturated rings. The highest BCUT2D eigenvalue weighted by Gasteiger charge is 2.09. The van der Waals surface area contributed by atoms with Crippen LogP contribution in [0.3, 0.4) is 0 Å². The highest BCUT2D eigenvalue weighted by molar-refractivity contribution is 5.53. The Morgan fingerprint density at radius 1 is 1.18 bits per heavy atom. The molecule has 0 N–H and O–H groups in total. The first kappa shape index (κ1) is 11.7. The lowest BCUT2D eigenvalue weighted by Gasteiger charge is -2.08. The van der Waals surface area contributed by atoms with Crippen LogP contribution in [0.5, 0.6) is 11.5 Å². The molecule has 0 amide bonds. The minimum absolute atomic E-state index is 0.352. The Bertz CT molecular complexity index is 410. The monoisotopic (exact) mass is 231 g/mol. The van der Waals surface area contributed by atoms with Gasteiger partial charge in [-0.3, -0.25) is 4.79 Å². The average Bonchev–Trinajstić information content (AvgIpc) is 2.59. The highest BCUT2D eigenvalue weighted by Crippen LogP contribution is 2.30. The zero-order valence-electron chi connectivity index (χ0n) is 9.65. The van der Waals surface area contributed by atoms with Gasteiger partial charge >= 0.3 is 0 Å². The summed E-state index contributed by atoms with van der Waals surface area (Å²) in [6.45, 7) is 1.41. The van der Waals surface area contributed by atoms with E-state index in [2.05, 4.69) is 0 Å². The van der Waals surface area contributed by atoms with Crippen molar-refractivity contribution in [2.45, 2.75) is 19.3 Å². The Balaban J connectivity index is 2.04.